The zero-order valence-corrected chi connectivity index (χ0v) is 14.5. The third-order valence-electron chi connectivity index (χ3n) is 4.74. The van der Waals surface area contributed by atoms with Crippen molar-refractivity contribution in [2.75, 3.05) is 0 Å². The zero-order valence-electron chi connectivity index (χ0n) is 14.5. The van der Waals surface area contributed by atoms with Crippen molar-refractivity contribution >= 4 is 5.78 Å². The number of hydrogen-bond acceptors (Lipinski definition) is 1. The summed E-state index contributed by atoms with van der Waals surface area (Å²) in [5.74, 6) is 0.857. The van der Waals surface area contributed by atoms with E-state index in [1.807, 2.05) is 18.2 Å². The summed E-state index contributed by atoms with van der Waals surface area (Å²) >= 11 is 0. The van der Waals surface area contributed by atoms with Crippen LogP contribution in [0, 0.1) is 5.92 Å². The highest BCUT2D eigenvalue weighted by Crippen LogP contribution is 2.24. The number of ketones is 1. The van der Waals surface area contributed by atoms with Gasteiger partial charge < -0.3 is 0 Å². The number of allylic oxidation sites excluding steroid dienone is 3. The van der Waals surface area contributed by atoms with Gasteiger partial charge in [0.1, 0.15) is 0 Å². The van der Waals surface area contributed by atoms with Crippen molar-refractivity contribution in [1.29, 1.82) is 0 Å². The molecule has 0 amide bonds. The molecular weight excluding hydrogens is 280 g/mol. The van der Waals surface area contributed by atoms with Crippen LogP contribution in [-0.2, 0) is 6.42 Å². The van der Waals surface area contributed by atoms with Crippen molar-refractivity contribution in [2.24, 2.45) is 5.92 Å². The lowest BCUT2D eigenvalue weighted by Gasteiger charge is -2.17. The van der Waals surface area contributed by atoms with E-state index < -0.39 is 0 Å². The van der Waals surface area contributed by atoms with E-state index in [9.17, 15) is 4.79 Å². The molecule has 0 radical (unpaired) electrons. The van der Waals surface area contributed by atoms with E-state index in [0.717, 1.165) is 29.5 Å². The van der Waals surface area contributed by atoms with E-state index in [-0.39, 0.29) is 0 Å². The van der Waals surface area contributed by atoms with E-state index in [0.29, 0.717) is 18.1 Å². The molecule has 1 aromatic carbocycles. The van der Waals surface area contributed by atoms with Gasteiger partial charge in [0.15, 0.2) is 5.78 Å². The van der Waals surface area contributed by atoms with Crippen LogP contribution in [0.3, 0.4) is 0 Å². The van der Waals surface area contributed by atoms with Gasteiger partial charge >= 0.3 is 0 Å². The van der Waals surface area contributed by atoms with Gasteiger partial charge in [-0.3, -0.25) is 4.79 Å². The van der Waals surface area contributed by atoms with E-state index in [2.05, 4.69) is 31.7 Å². The Labute approximate surface area is 141 Å². The van der Waals surface area contributed by atoms with Crippen LogP contribution >= 0.6 is 0 Å². The van der Waals surface area contributed by atoms with E-state index in [1.54, 1.807) is 0 Å². The minimum atomic E-state index is 0.313. The summed E-state index contributed by atoms with van der Waals surface area (Å²) in [5.41, 5.74) is 3.12. The topological polar surface area (TPSA) is 17.1 Å². The molecule has 124 valence electrons. The van der Waals surface area contributed by atoms with Crippen LogP contribution in [0.2, 0.25) is 0 Å². The van der Waals surface area contributed by atoms with Crippen LogP contribution in [0.5, 0.6) is 0 Å². The molecule has 1 aromatic rings. The van der Waals surface area contributed by atoms with Gasteiger partial charge in [-0.25, -0.2) is 0 Å². The first kappa shape index (κ1) is 17.7. The third-order valence-corrected chi connectivity index (χ3v) is 4.74. The van der Waals surface area contributed by atoms with Gasteiger partial charge in [0, 0.05) is 12.0 Å². The molecule has 23 heavy (non-hydrogen) atoms. The fourth-order valence-corrected chi connectivity index (χ4v) is 3.50. The largest absolute Gasteiger partial charge is 0.294 e. The van der Waals surface area contributed by atoms with Crippen molar-refractivity contribution < 1.29 is 4.79 Å². The second-order valence-electron chi connectivity index (χ2n) is 6.81. The maximum atomic E-state index is 12.8. The van der Waals surface area contributed by atoms with E-state index in [1.165, 1.54) is 38.5 Å². The van der Waals surface area contributed by atoms with Crippen LogP contribution in [0.25, 0.3) is 0 Å². The average Bonchev–Trinajstić information content (AvgIpc) is 2.53. The first-order valence-corrected chi connectivity index (χ1v) is 9.16. The lowest BCUT2D eigenvalue weighted by molar-refractivity contribution is 0.0954. The number of carbonyl (C=O) groups excluding carboxylic acids is 1. The molecule has 1 nitrogen and oxygen atoms in total. The van der Waals surface area contributed by atoms with Gasteiger partial charge in [0.2, 0.25) is 0 Å². The molecule has 0 bridgehead atoms. The molecule has 1 aliphatic rings. The molecule has 0 saturated carbocycles. The molecule has 2 rings (SSSR count). The number of rotatable bonds is 2. The highest BCUT2D eigenvalue weighted by atomic mass is 16.1. The lowest BCUT2D eigenvalue weighted by atomic mass is 9.87. The molecule has 1 heteroatoms. The number of hydrogen-bond donors (Lipinski definition) is 0. The number of carbonyl (C=O) groups is 1. The normalized spacial score (nSPS) is 22.2. The standard InChI is InChI=1S/C22H30O/c1-3-11-19-13-8-6-4-5-7-12-18(2)16-20-14-9-10-15-21(20)22(23)17-19/h7,9-10,12,14-15,19H,2-6,8,11,13,16-17H2,1H3/b12-7+/t19-/m1/s1. The Hall–Kier alpha value is -1.63. The summed E-state index contributed by atoms with van der Waals surface area (Å²) in [6.07, 6.45) is 14.3. The lowest BCUT2D eigenvalue weighted by Crippen LogP contribution is -2.11. The minimum absolute atomic E-state index is 0.313. The second-order valence-corrected chi connectivity index (χ2v) is 6.81. The smallest absolute Gasteiger partial charge is 0.163 e. The van der Waals surface area contributed by atoms with Gasteiger partial charge in [0.05, 0.1) is 0 Å². The highest BCUT2D eigenvalue weighted by molar-refractivity contribution is 5.97. The van der Waals surface area contributed by atoms with Gasteiger partial charge in [-0.15, -0.1) is 0 Å². The Bertz CT molecular complexity index is 553. The molecule has 0 heterocycles. The van der Waals surface area contributed by atoms with Crippen LogP contribution in [0.4, 0.5) is 0 Å². The average molecular weight is 310 g/mol. The molecule has 1 aliphatic carbocycles. The molecule has 0 N–H and O–H groups in total. The molecule has 0 unspecified atom stereocenters. The first-order chi connectivity index (χ1) is 11.2. The molecule has 0 saturated heterocycles. The van der Waals surface area contributed by atoms with Crippen molar-refractivity contribution in [3.63, 3.8) is 0 Å². The van der Waals surface area contributed by atoms with Crippen LogP contribution in [0.15, 0.2) is 48.6 Å². The summed E-state index contributed by atoms with van der Waals surface area (Å²) < 4.78 is 0. The fourth-order valence-electron chi connectivity index (χ4n) is 3.50. The molecule has 1 atom stereocenters. The van der Waals surface area contributed by atoms with E-state index >= 15 is 0 Å². The Morgan fingerprint density at radius 3 is 2.83 bits per heavy atom. The summed E-state index contributed by atoms with van der Waals surface area (Å²) in [6.45, 7) is 6.38. The number of fused-ring (bicyclic) bond motifs is 1. The predicted octanol–water partition coefficient (Wildman–Crippen LogP) is 6.29. The number of Topliss-reactive ketones (excluding diaryl/α,β-unsaturated/α-hetero) is 1. The first-order valence-electron chi connectivity index (χ1n) is 9.16. The van der Waals surface area contributed by atoms with E-state index in [4.69, 9.17) is 0 Å². The molecule has 0 fully saturated rings. The second kappa shape index (κ2) is 9.50. The molecule has 0 aromatic heterocycles. The summed E-state index contributed by atoms with van der Waals surface area (Å²) in [5, 5.41) is 0. The van der Waals surface area contributed by atoms with Gasteiger partial charge in [-0.2, -0.15) is 0 Å². The minimum Gasteiger partial charge on any atom is -0.294 e. The van der Waals surface area contributed by atoms with Crippen molar-refractivity contribution in [3.05, 3.63) is 59.7 Å². The Morgan fingerprint density at radius 1 is 1.17 bits per heavy atom. The van der Waals surface area contributed by atoms with Crippen LogP contribution < -0.4 is 0 Å². The van der Waals surface area contributed by atoms with Crippen molar-refractivity contribution in [2.45, 2.75) is 64.7 Å². The maximum Gasteiger partial charge on any atom is 0.163 e. The zero-order chi connectivity index (χ0) is 16.5. The summed E-state index contributed by atoms with van der Waals surface area (Å²) in [6, 6.07) is 8.07. The maximum absolute atomic E-state index is 12.8. The van der Waals surface area contributed by atoms with Gasteiger partial charge in [0.25, 0.3) is 0 Å². The fraction of sp³-hybridized carbons (Fsp3) is 0.500. The van der Waals surface area contributed by atoms with Crippen molar-refractivity contribution in [3.8, 4) is 0 Å². The predicted molar refractivity (Wildman–Crippen MR) is 98.9 cm³/mol. The molecule has 0 spiro atoms. The van der Waals surface area contributed by atoms with Gasteiger partial charge in [-0.05, 0) is 30.7 Å². The third kappa shape index (κ3) is 5.82. The van der Waals surface area contributed by atoms with Crippen LogP contribution in [0.1, 0.15) is 74.2 Å². The molecule has 0 aliphatic heterocycles. The molecular formula is C22H30O. The quantitative estimate of drug-likeness (QED) is 0.627. The summed E-state index contributed by atoms with van der Waals surface area (Å²) in [4.78, 5) is 12.8. The van der Waals surface area contributed by atoms with Gasteiger partial charge in [-0.1, -0.05) is 87.6 Å². The van der Waals surface area contributed by atoms with Crippen molar-refractivity contribution in [1.82, 2.24) is 0 Å². The monoisotopic (exact) mass is 310 g/mol. The Balaban J connectivity index is 2.22. The highest BCUT2D eigenvalue weighted by Gasteiger charge is 2.17. The Kier molecular flexibility index (Phi) is 7.32. The SMILES string of the molecule is C=C1/C=C/CCCCC[C@@H](CCC)CC(=O)c2ccccc2C1. The van der Waals surface area contributed by atoms with Crippen LogP contribution in [-0.4, -0.2) is 5.78 Å². The Morgan fingerprint density at radius 2 is 2.00 bits per heavy atom. The summed E-state index contributed by atoms with van der Waals surface area (Å²) in [7, 11) is 0. The number of benzene rings is 1.